The molecule has 274 valence electrons. The minimum Gasteiger partial charge on any atom is -0.481 e. The predicted octanol–water partition coefficient (Wildman–Crippen LogP) is 9.18. The molecule has 8 heteroatoms. The molecule has 0 spiro atoms. The summed E-state index contributed by atoms with van der Waals surface area (Å²) < 4.78 is 0. The lowest BCUT2D eigenvalue weighted by molar-refractivity contribution is -0.137. The molecular formula is C40H69N3O5. The molecule has 1 rings (SSSR count). The molecule has 0 aromatic heterocycles. The first-order valence-corrected chi connectivity index (χ1v) is 19.1. The van der Waals surface area contributed by atoms with Crippen molar-refractivity contribution < 1.29 is 24.3 Å². The van der Waals surface area contributed by atoms with Crippen LogP contribution in [-0.4, -0.2) is 48.4 Å². The number of amides is 3. The van der Waals surface area contributed by atoms with Gasteiger partial charge in [0.05, 0.1) is 0 Å². The van der Waals surface area contributed by atoms with E-state index in [9.17, 15) is 19.2 Å². The highest BCUT2D eigenvalue weighted by atomic mass is 16.4. The fourth-order valence-electron chi connectivity index (χ4n) is 5.89. The van der Waals surface area contributed by atoms with E-state index in [0.29, 0.717) is 60.0 Å². The molecule has 3 amide bonds. The van der Waals surface area contributed by atoms with Crippen LogP contribution in [0, 0.1) is 23.7 Å². The van der Waals surface area contributed by atoms with E-state index in [1.165, 1.54) is 25.7 Å². The van der Waals surface area contributed by atoms with Gasteiger partial charge in [-0.25, -0.2) is 0 Å². The molecule has 0 saturated heterocycles. The zero-order chi connectivity index (χ0) is 35.7. The lowest BCUT2D eigenvalue weighted by Crippen LogP contribution is -2.30. The summed E-state index contributed by atoms with van der Waals surface area (Å²) in [7, 11) is 0. The van der Waals surface area contributed by atoms with E-state index in [1.54, 1.807) is 18.2 Å². The number of hydrogen-bond donors (Lipinski definition) is 4. The van der Waals surface area contributed by atoms with E-state index >= 15 is 0 Å². The standard InChI is InChI=1S/C40H69N3O5/c1-30(2)17-15-19-32(5)22-25-42-39(47)35-27-34(38(46)41-24-14-12-10-8-7-9-11-13-21-37(44)45)28-36(29-35)40(48)43-26-23-33(6)20-16-18-31(3)4/h27-33H,7-26H2,1-6H3,(H,41,46)(H,42,47)(H,43,48)(H,44,45)/t32-,33-/m0/s1. The number of unbranched alkanes of at least 4 members (excludes halogenated alkanes) is 7. The summed E-state index contributed by atoms with van der Waals surface area (Å²) in [5.74, 6) is 0.875. The van der Waals surface area contributed by atoms with Crippen molar-refractivity contribution in [1.82, 2.24) is 16.0 Å². The number of carbonyl (C=O) groups is 4. The minimum absolute atomic E-state index is 0.245. The average molecular weight is 672 g/mol. The van der Waals surface area contributed by atoms with Crippen LogP contribution in [0.4, 0.5) is 0 Å². The van der Waals surface area contributed by atoms with Gasteiger partial charge in [0.1, 0.15) is 0 Å². The highest BCUT2D eigenvalue weighted by Crippen LogP contribution is 2.17. The zero-order valence-corrected chi connectivity index (χ0v) is 31.3. The highest BCUT2D eigenvalue weighted by Gasteiger charge is 2.17. The number of rotatable bonds is 28. The van der Waals surface area contributed by atoms with Crippen LogP contribution >= 0.6 is 0 Å². The van der Waals surface area contributed by atoms with Crippen molar-refractivity contribution in [2.75, 3.05) is 19.6 Å². The normalized spacial score (nSPS) is 12.6. The maximum atomic E-state index is 13.2. The molecule has 1 aromatic rings. The molecule has 8 nitrogen and oxygen atoms in total. The summed E-state index contributed by atoms with van der Waals surface area (Å²) >= 11 is 0. The van der Waals surface area contributed by atoms with E-state index < -0.39 is 5.97 Å². The molecule has 0 fully saturated rings. The van der Waals surface area contributed by atoms with Gasteiger partial charge < -0.3 is 21.1 Å². The van der Waals surface area contributed by atoms with Gasteiger partial charge in [0.2, 0.25) is 0 Å². The summed E-state index contributed by atoms with van der Waals surface area (Å²) in [5.41, 5.74) is 0.967. The van der Waals surface area contributed by atoms with Crippen LogP contribution in [0.15, 0.2) is 18.2 Å². The van der Waals surface area contributed by atoms with Crippen LogP contribution in [0.1, 0.15) is 182 Å². The number of carbonyl (C=O) groups excluding carboxylic acids is 3. The first-order chi connectivity index (χ1) is 22.9. The van der Waals surface area contributed by atoms with Gasteiger partial charge in [0, 0.05) is 42.7 Å². The number of nitrogens with one attached hydrogen (secondary N) is 3. The van der Waals surface area contributed by atoms with Gasteiger partial charge in [0.15, 0.2) is 0 Å². The second-order valence-corrected chi connectivity index (χ2v) is 15.0. The smallest absolute Gasteiger partial charge is 0.303 e. The van der Waals surface area contributed by atoms with Gasteiger partial charge in [0.25, 0.3) is 17.7 Å². The predicted molar refractivity (Wildman–Crippen MR) is 198 cm³/mol. The first kappa shape index (κ1) is 43.1. The quantitative estimate of drug-likeness (QED) is 0.0661. The Balaban J connectivity index is 2.72. The average Bonchev–Trinajstić information content (AvgIpc) is 3.02. The number of carboxylic acids is 1. The Morgan fingerprint density at radius 1 is 0.479 bits per heavy atom. The van der Waals surface area contributed by atoms with Crippen molar-refractivity contribution in [3.05, 3.63) is 34.9 Å². The second-order valence-electron chi connectivity index (χ2n) is 15.0. The number of carboxylic acid groups (broad SMARTS) is 1. The highest BCUT2D eigenvalue weighted by molar-refractivity contribution is 6.04. The lowest BCUT2D eigenvalue weighted by Gasteiger charge is -2.15. The monoisotopic (exact) mass is 672 g/mol. The molecule has 4 N–H and O–H groups in total. The summed E-state index contributed by atoms with van der Waals surface area (Å²) in [4.78, 5) is 50.2. The molecule has 0 unspecified atom stereocenters. The molecule has 2 atom stereocenters. The van der Waals surface area contributed by atoms with Crippen LogP contribution in [0.3, 0.4) is 0 Å². The Morgan fingerprint density at radius 3 is 1.21 bits per heavy atom. The number of benzene rings is 1. The fourth-order valence-corrected chi connectivity index (χ4v) is 5.89. The van der Waals surface area contributed by atoms with Crippen molar-refractivity contribution in [1.29, 1.82) is 0 Å². The SMILES string of the molecule is CC(C)CCC[C@H](C)CCNC(=O)c1cc(C(=O)NCCCCCCCCCCC(=O)O)cc(C(=O)NCC[C@@H](C)CCCC(C)C)c1. The van der Waals surface area contributed by atoms with Gasteiger partial charge in [-0.15, -0.1) is 0 Å². The molecule has 48 heavy (non-hydrogen) atoms. The van der Waals surface area contributed by atoms with Crippen LogP contribution in [-0.2, 0) is 4.79 Å². The Bertz CT molecular complexity index is 1010. The first-order valence-electron chi connectivity index (χ1n) is 19.1. The summed E-state index contributed by atoms with van der Waals surface area (Å²) in [6.07, 6.45) is 17.0. The van der Waals surface area contributed by atoms with Crippen molar-refractivity contribution in [3.63, 3.8) is 0 Å². The molecule has 0 radical (unpaired) electrons. The lowest BCUT2D eigenvalue weighted by atomic mass is 9.97. The summed E-state index contributed by atoms with van der Waals surface area (Å²) in [5, 5.41) is 17.7. The fraction of sp³-hybridized carbons (Fsp3) is 0.750. The van der Waals surface area contributed by atoms with Crippen molar-refractivity contribution in [2.24, 2.45) is 23.7 Å². The summed E-state index contributed by atoms with van der Waals surface area (Å²) in [6, 6.07) is 4.78. The maximum absolute atomic E-state index is 13.2. The zero-order valence-electron chi connectivity index (χ0n) is 31.3. The summed E-state index contributed by atoms with van der Waals surface area (Å²) in [6.45, 7) is 15.0. The molecule has 0 aliphatic rings. The van der Waals surface area contributed by atoms with Crippen molar-refractivity contribution in [3.8, 4) is 0 Å². The van der Waals surface area contributed by atoms with Crippen molar-refractivity contribution >= 4 is 23.7 Å². The van der Waals surface area contributed by atoms with E-state index in [2.05, 4.69) is 57.5 Å². The Morgan fingerprint density at radius 2 is 0.833 bits per heavy atom. The van der Waals surface area contributed by atoms with Crippen LogP contribution in [0.2, 0.25) is 0 Å². The van der Waals surface area contributed by atoms with Gasteiger partial charge >= 0.3 is 5.97 Å². The number of aliphatic carboxylic acids is 1. The molecular weight excluding hydrogens is 602 g/mol. The third-order valence-corrected chi connectivity index (χ3v) is 9.12. The molecule has 0 saturated carbocycles. The number of hydrogen-bond acceptors (Lipinski definition) is 4. The van der Waals surface area contributed by atoms with Gasteiger partial charge in [-0.2, -0.15) is 0 Å². The van der Waals surface area contributed by atoms with Crippen molar-refractivity contribution in [2.45, 2.75) is 151 Å². The van der Waals surface area contributed by atoms with E-state index in [1.807, 2.05) is 0 Å². The third kappa shape index (κ3) is 21.9. The van der Waals surface area contributed by atoms with Gasteiger partial charge in [-0.3, -0.25) is 19.2 Å². The molecule has 0 bridgehead atoms. The Kier molecular flexibility index (Phi) is 23.4. The molecule has 1 aromatic carbocycles. The van der Waals surface area contributed by atoms with Gasteiger partial charge in [-0.05, 0) is 67.6 Å². The molecule has 0 heterocycles. The van der Waals surface area contributed by atoms with Crippen LogP contribution in [0.25, 0.3) is 0 Å². The Labute approximate surface area is 292 Å². The third-order valence-electron chi connectivity index (χ3n) is 9.12. The van der Waals surface area contributed by atoms with E-state index in [-0.39, 0.29) is 24.1 Å². The van der Waals surface area contributed by atoms with Crippen LogP contribution in [0.5, 0.6) is 0 Å². The Hall–Kier alpha value is -2.90. The maximum Gasteiger partial charge on any atom is 0.303 e. The topological polar surface area (TPSA) is 125 Å². The minimum atomic E-state index is -0.729. The van der Waals surface area contributed by atoms with E-state index in [0.717, 1.165) is 77.0 Å². The second kappa shape index (κ2) is 26.0. The van der Waals surface area contributed by atoms with Gasteiger partial charge in [-0.1, -0.05) is 119 Å². The largest absolute Gasteiger partial charge is 0.481 e. The molecule has 0 aliphatic carbocycles. The van der Waals surface area contributed by atoms with E-state index in [4.69, 9.17) is 5.11 Å². The molecule has 0 aliphatic heterocycles. The van der Waals surface area contributed by atoms with Crippen LogP contribution < -0.4 is 16.0 Å².